The summed E-state index contributed by atoms with van der Waals surface area (Å²) in [6.07, 6.45) is 3.29. The number of rotatable bonds is 2. The molecule has 1 aromatic rings. The summed E-state index contributed by atoms with van der Waals surface area (Å²) in [5.41, 5.74) is 0.589. The molecule has 3 rings (SSSR count). The minimum absolute atomic E-state index is 0.0117. The van der Waals surface area contributed by atoms with E-state index < -0.39 is 18.3 Å². The zero-order chi connectivity index (χ0) is 18.4. The van der Waals surface area contributed by atoms with Gasteiger partial charge in [0.15, 0.2) is 0 Å². The Morgan fingerprint density at radius 1 is 1.20 bits per heavy atom. The maximum Gasteiger partial charge on any atom is 0.494 e. The zero-order valence-electron chi connectivity index (χ0n) is 15.8. The van der Waals surface area contributed by atoms with Gasteiger partial charge >= 0.3 is 7.12 Å². The van der Waals surface area contributed by atoms with E-state index in [9.17, 15) is 4.79 Å². The molecule has 25 heavy (non-hydrogen) atoms. The smallest absolute Gasteiger partial charge is 0.399 e. The first-order chi connectivity index (χ1) is 11.6. The van der Waals surface area contributed by atoms with Crippen molar-refractivity contribution in [1.82, 2.24) is 4.90 Å². The molecule has 2 saturated heterocycles. The van der Waals surface area contributed by atoms with Crippen LogP contribution in [-0.2, 0) is 9.31 Å². The molecule has 0 bridgehead atoms. The van der Waals surface area contributed by atoms with Crippen LogP contribution in [0.15, 0.2) is 18.2 Å². The lowest BCUT2D eigenvalue weighted by Gasteiger charge is -2.33. The van der Waals surface area contributed by atoms with Gasteiger partial charge in [0.2, 0.25) is 0 Å². The molecule has 136 valence electrons. The average molecular weight is 364 g/mol. The van der Waals surface area contributed by atoms with Crippen LogP contribution < -0.4 is 5.46 Å². The van der Waals surface area contributed by atoms with Crippen LogP contribution in [0.5, 0.6) is 0 Å². The Labute approximate surface area is 156 Å². The molecule has 2 heterocycles. The summed E-state index contributed by atoms with van der Waals surface area (Å²) in [5.74, 6) is 0.0117. The molecule has 2 aliphatic rings. The molecule has 0 saturated carbocycles. The number of hydrogen-bond donors (Lipinski definition) is 0. The summed E-state index contributed by atoms with van der Waals surface area (Å²) in [6.45, 7) is 11.0. The topological polar surface area (TPSA) is 38.8 Å². The lowest BCUT2D eigenvalue weighted by molar-refractivity contribution is 0.00578. The van der Waals surface area contributed by atoms with E-state index in [2.05, 4.69) is 6.92 Å². The van der Waals surface area contributed by atoms with Crippen molar-refractivity contribution in [2.45, 2.75) is 71.1 Å². The molecule has 0 aromatic heterocycles. The molecule has 2 aliphatic heterocycles. The Balaban J connectivity index is 1.81. The summed E-state index contributed by atoms with van der Waals surface area (Å²) in [6, 6.07) is 5.74. The molecule has 0 radical (unpaired) electrons. The Bertz CT molecular complexity index is 661. The van der Waals surface area contributed by atoms with E-state index in [-0.39, 0.29) is 11.9 Å². The number of amides is 1. The Morgan fingerprint density at radius 3 is 2.40 bits per heavy atom. The second-order valence-electron chi connectivity index (χ2n) is 8.17. The third-order valence-corrected chi connectivity index (χ3v) is 6.13. The van der Waals surface area contributed by atoms with E-state index >= 15 is 0 Å². The fraction of sp³-hybridized carbons (Fsp3) is 0.632. The van der Waals surface area contributed by atoms with Gasteiger partial charge in [-0.3, -0.25) is 4.79 Å². The second kappa shape index (κ2) is 6.60. The summed E-state index contributed by atoms with van der Waals surface area (Å²) >= 11 is 6.45. The number of piperidine rings is 1. The predicted octanol–water partition coefficient (Wildman–Crippen LogP) is 3.65. The highest BCUT2D eigenvalue weighted by atomic mass is 35.5. The van der Waals surface area contributed by atoms with Gasteiger partial charge < -0.3 is 14.2 Å². The van der Waals surface area contributed by atoms with E-state index in [0.29, 0.717) is 10.6 Å². The van der Waals surface area contributed by atoms with Crippen molar-refractivity contribution in [2.24, 2.45) is 0 Å². The Kier molecular flexibility index (Phi) is 4.95. The van der Waals surface area contributed by atoms with Gasteiger partial charge in [-0.25, -0.2) is 0 Å². The van der Waals surface area contributed by atoms with Crippen LogP contribution in [0, 0.1) is 0 Å². The molecule has 4 nitrogen and oxygen atoms in total. The molecule has 0 spiro atoms. The lowest BCUT2D eigenvalue weighted by Crippen LogP contribution is -2.42. The van der Waals surface area contributed by atoms with Crippen LogP contribution in [0.25, 0.3) is 0 Å². The van der Waals surface area contributed by atoms with Crippen molar-refractivity contribution >= 4 is 30.1 Å². The minimum atomic E-state index is -0.472. The summed E-state index contributed by atoms with van der Waals surface area (Å²) in [4.78, 5) is 14.8. The average Bonchev–Trinajstić information content (AvgIpc) is 2.75. The molecule has 1 atom stereocenters. The molecule has 1 amide bonds. The normalized spacial score (nSPS) is 25.3. The molecule has 1 unspecified atom stereocenters. The van der Waals surface area contributed by atoms with Crippen molar-refractivity contribution in [3.05, 3.63) is 28.8 Å². The van der Waals surface area contributed by atoms with Crippen molar-refractivity contribution < 1.29 is 14.1 Å². The fourth-order valence-electron chi connectivity index (χ4n) is 3.39. The predicted molar refractivity (Wildman–Crippen MR) is 102 cm³/mol. The van der Waals surface area contributed by atoms with Crippen LogP contribution in [0.2, 0.25) is 5.02 Å². The summed E-state index contributed by atoms with van der Waals surface area (Å²) in [7, 11) is -0.472. The first kappa shape index (κ1) is 18.7. The van der Waals surface area contributed by atoms with Crippen molar-refractivity contribution in [3.8, 4) is 0 Å². The quantitative estimate of drug-likeness (QED) is 0.753. The van der Waals surface area contributed by atoms with E-state index in [1.165, 1.54) is 6.42 Å². The van der Waals surface area contributed by atoms with Gasteiger partial charge in [0.25, 0.3) is 5.91 Å². The summed E-state index contributed by atoms with van der Waals surface area (Å²) < 4.78 is 12.1. The third-order valence-electron chi connectivity index (χ3n) is 5.81. The highest BCUT2D eigenvalue weighted by Crippen LogP contribution is 2.36. The van der Waals surface area contributed by atoms with E-state index in [4.69, 9.17) is 20.9 Å². The number of hydrogen-bond acceptors (Lipinski definition) is 3. The van der Waals surface area contributed by atoms with Crippen LogP contribution in [-0.4, -0.2) is 41.7 Å². The van der Waals surface area contributed by atoms with Crippen LogP contribution >= 0.6 is 11.6 Å². The fourth-order valence-corrected chi connectivity index (χ4v) is 3.65. The molecule has 1 aromatic carbocycles. The molecule has 2 fully saturated rings. The van der Waals surface area contributed by atoms with Gasteiger partial charge in [0.1, 0.15) is 0 Å². The van der Waals surface area contributed by atoms with Gasteiger partial charge in [-0.05, 0) is 71.5 Å². The number of benzene rings is 1. The highest BCUT2D eigenvalue weighted by Gasteiger charge is 2.51. The molecule has 0 N–H and O–H groups in total. The lowest BCUT2D eigenvalue weighted by atomic mass is 9.78. The summed E-state index contributed by atoms with van der Waals surface area (Å²) in [5, 5.41) is 0.454. The molecule has 0 aliphatic carbocycles. The van der Waals surface area contributed by atoms with Crippen LogP contribution in [0.1, 0.15) is 64.2 Å². The number of carbonyl (C=O) groups excluding carboxylic acids is 1. The largest absolute Gasteiger partial charge is 0.494 e. The SMILES string of the molecule is CC1CCCCN1C(=O)c1ccc(B2OC(C)(C)C(C)(C)O2)cc1Cl. The standard InChI is InChI=1S/C19H27BClNO3/c1-13-8-6-7-11-22(13)17(23)15-10-9-14(12-16(15)21)20-24-18(2,3)19(4,5)25-20/h9-10,12-13H,6-8,11H2,1-5H3. The van der Waals surface area contributed by atoms with Gasteiger partial charge in [-0.2, -0.15) is 0 Å². The van der Waals surface area contributed by atoms with Crippen molar-refractivity contribution in [3.63, 3.8) is 0 Å². The minimum Gasteiger partial charge on any atom is -0.399 e. The number of nitrogens with zero attached hydrogens (tertiary/aromatic N) is 1. The monoisotopic (exact) mass is 363 g/mol. The number of halogens is 1. The van der Waals surface area contributed by atoms with Crippen molar-refractivity contribution in [2.75, 3.05) is 6.54 Å². The highest BCUT2D eigenvalue weighted by molar-refractivity contribution is 6.62. The van der Waals surface area contributed by atoms with E-state index in [1.54, 1.807) is 12.1 Å². The van der Waals surface area contributed by atoms with Gasteiger partial charge in [-0.1, -0.05) is 17.7 Å². The zero-order valence-corrected chi connectivity index (χ0v) is 16.5. The number of carbonyl (C=O) groups is 1. The van der Waals surface area contributed by atoms with Gasteiger partial charge in [0, 0.05) is 12.6 Å². The van der Waals surface area contributed by atoms with E-state index in [1.807, 2.05) is 38.7 Å². The van der Waals surface area contributed by atoms with Gasteiger partial charge in [0.05, 0.1) is 21.8 Å². The molecular formula is C19H27BClNO3. The Morgan fingerprint density at radius 2 is 1.84 bits per heavy atom. The van der Waals surface area contributed by atoms with E-state index in [0.717, 1.165) is 24.8 Å². The van der Waals surface area contributed by atoms with Gasteiger partial charge in [-0.15, -0.1) is 0 Å². The molecular weight excluding hydrogens is 336 g/mol. The second-order valence-corrected chi connectivity index (χ2v) is 8.58. The first-order valence-corrected chi connectivity index (χ1v) is 9.46. The maximum absolute atomic E-state index is 12.8. The van der Waals surface area contributed by atoms with Crippen LogP contribution in [0.4, 0.5) is 0 Å². The van der Waals surface area contributed by atoms with Crippen molar-refractivity contribution in [1.29, 1.82) is 0 Å². The Hall–Kier alpha value is -1.04. The molecule has 6 heteroatoms. The number of likely N-dealkylation sites (tertiary alicyclic amines) is 1. The third kappa shape index (κ3) is 3.47. The van der Waals surface area contributed by atoms with Crippen LogP contribution in [0.3, 0.4) is 0 Å². The first-order valence-electron chi connectivity index (χ1n) is 9.08. The maximum atomic E-state index is 12.8.